The van der Waals surface area contributed by atoms with Crippen molar-refractivity contribution in [1.82, 2.24) is 0 Å². The van der Waals surface area contributed by atoms with Gasteiger partial charge in [0.05, 0.1) is 18.7 Å². The van der Waals surface area contributed by atoms with E-state index in [0.717, 1.165) is 4.47 Å². The highest BCUT2D eigenvalue weighted by atomic mass is 79.9. The van der Waals surface area contributed by atoms with Crippen LogP contribution in [0.5, 0.6) is 5.75 Å². The van der Waals surface area contributed by atoms with Crippen LogP contribution in [0.15, 0.2) is 28.2 Å². The van der Waals surface area contributed by atoms with Crippen molar-refractivity contribution in [2.24, 2.45) is 0 Å². The number of nitrogens with zero attached hydrogens (tertiary/aromatic N) is 1. The van der Waals surface area contributed by atoms with Crippen LogP contribution in [0.25, 0.3) is 6.08 Å². The normalized spacial score (nSPS) is 10.7. The number of rotatable bonds is 3. The minimum absolute atomic E-state index is 0.448. The van der Waals surface area contributed by atoms with Crippen LogP contribution in [-0.4, -0.2) is 13.1 Å². The molecular weight excluding hydrogens is 274 g/mol. The van der Waals surface area contributed by atoms with Crippen LogP contribution in [0, 0.1) is 11.3 Å². The molecule has 0 aliphatic heterocycles. The van der Waals surface area contributed by atoms with Crippen molar-refractivity contribution in [2.45, 2.75) is 0 Å². The van der Waals surface area contributed by atoms with Crippen LogP contribution >= 0.6 is 15.9 Å². The first kappa shape index (κ1) is 12.3. The summed E-state index contributed by atoms with van der Waals surface area (Å²) in [6, 6.07) is 6.62. The largest absolute Gasteiger partial charge is 0.544 e. The Kier molecular flexibility index (Phi) is 4.09. The molecule has 0 saturated carbocycles. The number of hydrogen-bond donors (Lipinski definition) is 0. The van der Waals surface area contributed by atoms with Crippen LogP contribution in [0.4, 0.5) is 0 Å². The van der Waals surface area contributed by atoms with E-state index >= 15 is 0 Å². The number of carboxylic acids is 1. The zero-order chi connectivity index (χ0) is 12.1. The minimum atomic E-state index is -1.51. The monoisotopic (exact) mass is 280 g/mol. The molecule has 5 heteroatoms. The molecule has 1 rings (SSSR count). The summed E-state index contributed by atoms with van der Waals surface area (Å²) in [5, 5.41) is 19.2. The Morgan fingerprint density at radius 1 is 1.62 bits per heavy atom. The SMILES string of the molecule is COc1ccc(Br)cc1/C=C(\C#N)C(=O)[O-]. The summed E-state index contributed by atoms with van der Waals surface area (Å²) in [5.41, 5.74) is 0.0500. The van der Waals surface area contributed by atoms with Crippen molar-refractivity contribution >= 4 is 28.0 Å². The lowest BCUT2D eigenvalue weighted by Crippen LogP contribution is -2.23. The molecule has 0 aromatic heterocycles. The van der Waals surface area contributed by atoms with E-state index in [2.05, 4.69) is 15.9 Å². The molecule has 0 amide bonds. The van der Waals surface area contributed by atoms with Gasteiger partial charge in [0.15, 0.2) is 0 Å². The molecule has 0 unspecified atom stereocenters. The molecule has 0 spiro atoms. The molecule has 0 N–H and O–H groups in total. The molecule has 0 bridgehead atoms. The van der Waals surface area contributed by atoms with Crippen molar-refractivity contribution in [3.63, 3.8) is 0 Å². The first-order chi connectivity index (χ1) is 7.58. The summed E-state index contributed by atoms with van der Waals surface area (Å²) < 4.78 is 5.80. The highest BCUT2D eigenvalue weighted by Gasteiger charge is 2.03. The van der Waals surface area contributed by atoms with Crippen LogP contribution in [0.2, 0.25) is 0 Å². The van der Waals surface area contributed by atoms with Gasteiger partial charge in [0.2, 0.25) is 0 Å². The second-order valence-corrected chi connectivity index (χ2v) is 3.76. The third-order valence-corrected chi connectivity index (χ3v) is 2.33. The number of ether oxygens (including phenoxy) is 1. The molecule has 82 valence electrons. The molecule has 1 aromatic carbocycles. The van der Waals surface area contributed by atoms with Crippen molar-refractivity contribution in [2.75, 3.05) is 7.11 Å². The van der Waals surface area contributed by atoms with Crippen molar-refractivity contribution < 1.29 is 14.6 Å². The predicted molar refractivity (Wildman–Crippen MR) is 59.3 cm³/mol. The average molecular weight is 281 g/mol. The van der Waals surface area contributed by atoms with E-state index in [1.165, 1.54) is 13.2 Å². The number of methoxy groups -OCH3 is 1. The average Bonchev–Trinajstić information content (AvgIpc) is 2.25. The van der Waals surface area contributed by atoms with E-state index in [9.17, 15) is 9.90 Å². The maximum atomic E-state index is 10.6. The summed E-state index contributed by atoms with van der Waals surface area (Å²) in [6.07, 6.45) is 1.21. The van der Waals surface area contributed by atoms with Gasteiger partial charge >= 0.3 is 0 Å². The fraction of sp³-hybridized carbons (Fsp3) is 0.0909. The lowest BCUT2D eigenvalue weighted by atomic mass is 10.1. The summed E-state index contributed by atoms with van der Waals surface area (Å²) in [7, 11) is 1.46. The quantitative estimate of drug-likeness (QED) is 0.614. The summed E-state index contributed by atoms with van der Waals surface area (Å²) in [6.45, 7) is 0. The molecular formula is C11H7BrNO3-. The van der Waals surface area contributed by atoms with Gasteiger partial charge in [-0.15, -0.1) is 0 Å². The number of benzene rings is 1. The van der Waals surface area contributed by atoms with Gasteiger partial charge in [-0.05, 0) is 24.3 Å². The Labute approximate surface area is 101 Å². The maximum absolute atomic E-state index is 10.6. The molecule has 0 atom stereocenters. The first-order valence-corrected chi connectivity index (χ1v) is 5.04. The van der Waals surface area contributed by atoms with Gasteiger partial charge in [-0.1, -0.05) is 15.9 Å². The van der Waals surface area contributed by atoms with Gasteiger partial charge in [-0.25, -0.2) is 0 Å². The van der Waals surface area contributed by atoms with Gasteiger partial charge in [0.25, 0.3) is 0 Å². The smallest absolute Gasteiger partial charge is 0.126 e. The highest BCUT2D eigenvalue weighted by Crippen LogP contribution is 2.24. The number of carboxylic acid groups (broad SMARTS) is 1. The molecule has 0 saturated heterocycles. The van der Waals surface area contributed by atoms with E-state index in [-0.39, 0.29) is 0 Å². The Morgan fingerprint density at radius 2 is 2.31 bits per heavy atom. The molecule has 0 aliphatic carbocycles. The molecule has 1 aromatic rings. The Morgan fingerprint density at radius 3 is 2.81 bits per heavy atom. The second-order valence-electron chi connectivity index (χ2n) is 2.84. The lowest BCUT2D eigenvalue weighted by Gasteiger charge is -2.06. The number of carbonyl (C=O) groups excluding carboxylic acids is 1. The van der Waals surface area contributed by atoms with E-state index in [0.29, 0.717) is 11.3 Å². The number of carbonyl (C=O) groups is 1. The highest BCUT2D eigenvalue weighted by molar-refractivity contribution is 9.10. The van der Waals surface area contributed by atoms with Crippen molar-refractivity contribution in [3.05, 3.63) is 33.8 Å². The summed E-state index contributed by atoms with van der Waals surface area (Å²) in [5.74, 6) is -1.03. The van der Waals surface area contributed by atoms with E-state index in [4.69, 9.17) is 10.00 Å². The third kappa shape index (κ3) is 2.84. The zero-order valence-corrected chi connectivity index (χ0v) is 9.95. The Balaban J connectivity index is 3.27. The summed E-state index contributed by atoms with van der Waals surface area (Å²) in [4.78, 5) is 10.6. The number of hydrogen-bond acceptors (Lipinski definition) is 4. The first-order valence-electron chi connectivity index (χ1n) is 4.25. The third-order valence-electron chi connectivity index (χ3n) is 1.83. The molecule has 4 nitrogen and oxygen atoms in total. The van der Waals surface area contributed by atoms with Crippen molar-refractivity contribution in [1.29, 1.82) is 5.26 Å². The molecule has 0 heterocycles. The predicted octanol–water partition coefficient (Wildman–Crippen LogP) is 1.11. The fourth-order valence-electron chi connectivity index (χ4n) is 1.11. The Hall–Kier alpha value is -1.80. The van der Waals surface area contributed by atoms with Crippen LogP contribution in [0.1, 0.15) is 5.56 Å². The minimum Gasteiger partial charge on any atom is -0.544 e. The summed E-state index contributed by atoms with van der Waals surface area (Å²) >= 11 is 3.24. The second kappa shape index (κ2) is 5.33. The van der Waals surface area contributed by atoms with Crippen molar-refractivity contribution in [3.8, 4) is 11.8 Å². The fourth-order valence-corrected chi connectivity index (χ4v) is 1.49. The maximum Gasteiger partial charge on any atom is 0.126 e. The number of nitriles is 1. The van der Waals surface area contributed by atoms with E-state index < -0.39 is 11.5 Å². The van der Waals surface area contributed by atoms with Crippen LogP contribution in [-0.2, 0) is 4.79 Å². The van der Waals surface area contributed by atoms with Gasteiger partial charge < -0.3 is 14.6 Å². The lowest BCUT2D eigenvalue weighted by molar-refractivity contribution is -0.298. The van der Waals surface area contributed by atoms with E-state index in [1.54, 1.807) is 24.3 Å². The standard InChI is InChI=1S/C11H8BrNO3/c1-16-10-3-2-9(12)5-7(10)4-8(6-13)11(14)15/h2-5H,1H3,(H,14,15)/p-1/b8-4+. The molecule has 0 fully saturated rings. The van der Waals surface area contributed by atoms with Gasteiger partial charge in [-0.3, -0.25) is 0 Å². The molecule has 16 heavy (non-hydrogen) atoms. The zero-order valence-electron chi connectivity index (χ0n) is 8.36. The van der Waals surface area contributed by atoms with Crippen LogP contribution < -0.4 is 9.84 Å². The molecule has 0 aliphatic rings. The topological polar surface area (TPSA) is 73.1 Å². The van der Waals surface area contributed by atoms with E-state index in [1.807, 2.05) is 0 Å². The number of aliphatic carboxylic acids is 1. The van der Waals surface area contributed by atoms with Gasteiger partial charge in [-0.2, -0.15) is 5.26 Å². The number of halogens is 1. The Bertz CT molecular complexity index is 488. The van der Waals surface area contributed by atoms with Gasteiger partial charge in [0.1, 0.15) is 11.8 Å². The molecule has 0 radical (unpaired) electrons. The van der Waals surface area contributed by atoms with Gasteiger partial charge in [0, 0.05) is 10.0 Å². The van der Waals surface area contributed by atoms with Crippen LogP contribution in [0.3, 0.4) is 0 Å².